The summed E-state index contributed by atoms with van der Waals surface area (Å²) in [6, 6.07) is 0. The Kier molecular flexibility index (Phi) is 6.05. The third kappa shape index (κ3) is 4.76. The van der Waals surface area contributed by atoms with Gasteiger partial charge in [-0.25, -0.2) is 9.59 Å². The smallest absolute Gasteiger partial charge is 0.426 e. The van der Waals surface area contributed by atoms with E-state index in [1.165, 1.54) is 0 Å². The molecule has 2 amide bonds. The number of amides is 2. The van der Waals surface area contributed by atoms with Crippen molar-refractivity contribution in [1.29, 1.82) is 0 Å². The third-order valence-corrected chi connectivity index (χ3v) is 3.64. The van der Waals surface area contributed by atoms with E-state index in [2.05, 4.69) is 10.6 Å². The number of nitrogens with zero attached hydrogens (tertiary/aromatic N) is 1. The van der Waals surface area contributed by atoms with Gasteiger partial charge in [-0.3, -0.25) is 0 Å². The first-order valence-corrected chi connectivity index (χ1v) is 7.83. The first kappa shape index (κ1) is 18.5. The number of piperidine rings is 1. The molecule has 7 heteroatoms. The molecule has 2 N–H and O–H groups in total. The second kappa shape index (κ2) is 7.17. The van der Waals surface area contributed by atoms with E-state index in [9.17, 15) is 9.59 Å². The highest BCUT2D eigenvalue weighted by molar-refractivity contribution is 5.67. The molecule has 0 radical (unpaired) electrons. The Bertz CT molecular complexity index is 392. The number of hydroxylamine groups is 2. The summed E-state index contributed by atoms with van der Waals surface area (Å²) in [7, 11) is 0. The Labute approximate surface area is 132 Å². The van der Waals surface area contributed by atoms with Crippen LogP contribution in [0.5, 0.6) is 0 Å². The van der Waals surface area contributed by atoms with Crippen LogP contribution in [0.2, 0.25) is 0 Å². The average Bonchev–Trinajstić information content (AvgIpc) is 2.33. The summed E-state index contributed by atoms with van der Waals surface area (Å²) in [6.07, 6.45) is 0.0921. The van der Waals surface area contributed by atoms with Gasteiger partial charge in [-0.05, 0) is 41.5 Å². The van der Waals surface area contributed by atoms with E-state index >= 15 is 0 Å². The molecule has 1 heterocycles. The minimum atomic E-state index is -0.466. The normalized spacial score (nSPS) is 21.0. The molecular weight excluding hydrogens is 286 g/mol. The maximum Gasteiger partial charge on any atom is 0.426 e. The number of nitrogens with one attached hydrogen (secondary N) is 2. The minimum absolute atomic E-state index is 0.217. The molecule has 1 fully saturated rings. The van der Waals surface area contributed by atoms with E-state index in [0.29, 0.717) is 25.9 Å². The first-order valence-electron chi connectivity index (χ1n) is 7.83. The van der Waals surface area contributed by atoms with Gasteiger partial charge in [0.15, 0.2) is 0 Å². The number of rotatable bonds is 4. The second-order valence-electron chi connectivity index (χ2n) is 6.79. The molecule has 0 aliphatic carbocycles. The summed E-state index contributed by atoms with van der Waals surface area (Å²) in [5.41, 5.74) is -0.881. The van der Waals surface area contributed by atoms with E-state index in [0.717, 1.165) is 0 Å². The fourth-order valence-corrected chi connectivity index (χ4v) is 3.10. The molecule has 0 saturated carbocycles. The van der Waals surface area contributed by atoms with Crippen molar-refractivity contribution in [3.63, 3.8) is 0 Å². The van der Waals surface area contributed by atoms with Gasteiger partial charge in [-0.2, -0.15) is 0 Å². The van der Waals surface area contributed by atoms with Crippen LogP contribution in [0, 0.1) is 0 Å². The SMILES string of the molecule is CCNC(=O)OC1CC(C)(C)N(OC(=O)NCC)C(C)(C)C1. The van der Waals surface area contributed by atoms with Gasteiger partial charge in [0.05, 0.1) is 11.1 Å². The van der Waals surface area contributed by atoms with Gasteiger partial charge in [0.25, 0.3) is 0 Å². The van der Waals surface area contributed by atoms with Crippen LogP contribution >= 0.6 is 0 Å². The lowest BCUT2D eigenvalue weighted by atomic mass is 9.80. The number of alkyl carbamates (subject to hydrolysis) is 1. The first-order chi connectivity index (χ1) is 10.1. The molecule has 7 nitrogen and oxygen atoms in total. The third-order valence-electron chi connectivity index (χ3n) is 3.64. The second-order valence-corrected chi connectivity index (χ2v) is 6.79. The van der Waals surface area contributed by atoms with Gasteiger partial charge in [0.2, 0.25) is 0 Å². The lowest BCUT2D eigenvalue weighted by Gasteiger charge is -2.52. The summed E-state index contributed by atoms with van der Waals surface area (Å²) in [5, 5.41) is 6.98. The van der Waals surface area contributed by atoms with Crippen LogP contribution in [0.15, 0.2) is 0 Å². The maximum atomic E-state index is 11.8. The highest BCUT2D eigenvalue weighted by atomic mass is 16.7. The van der Waals surface area contributed by atoms with Crippen molar-refractivity contribution in [1.82, 2.24) is 15.7 Å². The van der Waals surface area contributed by atoms with Gasteiger partial charge in [-0.1, -0.05) is 0 Å². The predicted octanol–water partition coefficient (Wildman–Crippen LogP) is 2.42. The van der Waals surface area contributed by atoms with E-state index in [-0.39, 0.29) is 6.10 Å². The van der Waals surface area contributed by atoms with E-state index in [1.54, 1.807) is 5.06 Å². The Morgan fingerprint density at radius 1 is 1.00 bits per heavy atom. The number of carbonyl (C=O) groups is 2. The van der Waals surface area contributed by atoms with Crippen LogP contribution in [-0.4, -0.2) is 47.5 Å². The van der Waals surface area contributed by atoms with Gasteiger partial charge in [-0.15, -0.1) is 5.06 Å². The molecule has 0 atom stereocenters. The molecule has 0 bridgehead atoms. The van der Waals surface area contributed by atoms with Gasteiger partial charge < -0.3 is 20.2 Å². The molecule has 1 rings (SSSR count). The average molecular weight is 315 g/mol. The monoisotopic (exact) mass is 315 g/mol. The summed E-state index contributed by atoms with van der Waals surface area (Å²) in [4.78, 5) is 28.9. The molecular formula is C15H29N3O4. The molecule has 0 unspecified atom stereocenters. The molecule has 1 saturated heterocycles. The molecule has 0 aromatic rings. The lowest BCUT2D eigenvalue weighted by Crippen LogP contribution is -2.63. The molecule has 0 aromatic heterocycles. The minimum Gasteiger partial charge on any atom is -0.446 e. The van der Waals surface area contributed by atoms with Crippen LogP contribution in [0.1, 0.15) is 54.4 Å². The van der Waals surface area contributed by atoms with Gasteiger partial charge >= 0.3 is 12.2 Å². The highest BCUT2D eigenvalue weighted by Gasteiger charge is 2.49. The summed E-state index contributed by atoms with van der Waals surface area (Å²) in [6.45, 7) is 12.6. The number of hydrogen-bond acceptors (Lipinski definition) is 5. The Balaban J connectivity index is 2.79. The highest BCUT2D eigenvalue weighted by Crippen LogP contribution is 2.39. The van der Waals surface area contributed by atoms with Crippen molar-refractivity contribution in [2.24, 2.45) is 0 Å². The molecule has 1 aliphatic heterocycles. The van der Waals surface area contributed by atoms with Crippen LogP contribution in [0.3, 0.4) is 0 Å². The zero-order valence-corrected chi connectivity index (χ0v) is 14.5. The summed E-state index contributed by atoms with van der Waals surface area (Å²) < 4.78 is 5.47. The molecule has 0 spiro atoms. The quantitative estimate of drug-likeness (QED) is 0.833. The zero-order chi connectivity index (χ0) is 17.0. The summed E-state index contributed by atoms with van der Waals surface area (Å²) >= 11 is 0. The number of carbonyl (C=O) groups excluding carboxylic acids is 2. The zero-order valence-electron chi connectivity index (χ0n) is 14.5. The summed E-state index contributed by atoms with van der Waals surface area (Å²) in [5.74, 6) is 0. The fourth-order valence-electron chi connectivity index (χ4n) is 3.10. The lowest BCUT2D eigenvalue weighted by molar-refractivity contribution is -0.253. The van der Waals surface area contributed by atoms with Crippen molar-refractivity contribution in [2.45, 2.75) is 71.6 Å². The Hall–Kier alpha value is -1.50. The maximum absolute atomic E-state index is 11.8. The Morgan fingerprint density at radius 3 is 1.91 bits per heavy atom. The van der Waals surface area contributed by atoms with Crippen molar-refractivity contribution < 1.29 is 19.2 Å². The van der Waals surface area contributed by atoms with E-state index in [1.807, 2.05) is 41.5 Å². The van der Waals surface area contributed by atoms with E-state index in [4.69, 9.17) is 9.57 Å². The van der Waals surface area contributed by atoms with Gasteiger partial charge in [0, 0.05) is 25.9 Å². The fraction of sp³-hybridized carbons (Fsp3) is 0.867. The molecule has 128 valence electrons. The topological polar surface area (TPSA) is 79.9 Å². The van der Waals surface area contributed by atoms with Crippen molar-refractivity contribution in [2.75, 3.05) is 13.1 Å². The number of ether oxygens (including phenoxy) is 1. The molecule has 22 heavy (non-hydrogen) atoms. The van der Waals surface area contributed by atoms with E-state index < -0.39 is 23.3 Å². The number of hydrogen-bond donors (Lipinski definition) is 2. The van der Waals surface area contributed by atoms with Crippen LogP contribution < -0.4 is 10.6 Å². The van der Waals surface area contributed by atoms with Crippen LogP contribution in [0.25, 0.3) is 0 Å². The van der Waals surface area contributed by atoms with Crippen LogP contribution in [-0.2, 0) is 9.57 Å². The standard InChI is InChI=1S/C15H29N3O4/c1-7-16-12(19)21-11-9-14(3,4)18(15(5,6)10-11)22-13(20)17-8-2/h11H,7-10H2,1-6H3,(H,16,19)(H,17,20). The van der Waals surface area contributed by atoms with Crippen LogP contribution in [0.4, 0.5) is 9.59 Å². The Morgan fingerprint density at radius 2 is 1.45 bits per heavy atom. The van der Waals surface area contributed by atoms with Crippen molar-refractivity contribution in [3.05, 3.63) is 0 Å². The molecule has 0 aromatic carbocycles. The largest absolute Gasteiger partial charge is 0.446 e. The van der Waals surface area contributed by atoms with Gasteiger partial charge in [0.1, 0.15) is 6.10 Å². The van der Waals surface area contributed by atoms with Crippen molar-refractivity contribution in [3.8, 4) is 0 Å². The molecule has 1 aliphatic rings. The van der Waals surface area contributed by atoms with Crippen molar-refractivity contribution >= 4 is 12.2 Å². The predicted molar refractivity (Wildman–Crippen MR) is 83.3 cm³/mol.